The van der Waals surface area contributed by atoms with Crippen LogP contribution in [0.4, 0.5) is 0 Å². The summed E-state index contributed by atoms with van der Waals surface area (Å²) < 4.78 is 12.0. The number of rotatable bonds is 7. The molecule has 1 aromatic heterocycles. The van der Waals surface area contributed by atoms with Crippen LogP contribution in [0.25, 0.3) is 11.0 Å². The van der Waals surface area contributed by atoms with Crippen molar-refractivity contribution in [3.63, 3.8) is 0 Å². The second-order valence-electron chi connectivity index (χ2n) is 6.11. The van der Waals surface area contributed by atoms with Gasteiger partial charge in [-0.2, -0.15) is 0 Å². The quantitative estimate of drug-likeness (QED) is 0.809. The van der Waals surface area contributed by atoms with Gasteiger partial charge in [0.1, 0.15) is 11.3 Å². The van der Waals surface area contributed by atoms with Gasteiger partial charge in [0.05, 0.1) is 11.6 Å². The highest BCUT2D eigenvalue weighted by Crippen LogP contribution is 2.33. The van der Waals surface area contributed by atoms with E-state index in [0.717, 1.165) is 29.7 Å². The molecule has 21 heavy (non-hydrogen) atoms. The maximum atomic E-state index is 6.07. The van der Waals surface area contributed by atoms with E-state index in [4.69, 9.17) is 9.15 Å². The lowest BCUT2D eigenvalue weighted by Crippen LogP contribution is -2.41. The molecule has 2 rings (SSSR count). The van der Waals surface area contributed by atoms with Crippen molar-refractivity contribution in [2.24, 2.45) is 0 Å². The molecule has 1 atom stereocenters. The molecule has 0 spiro atoms. The lowest BCUT2D eigenvalue weighted by Gasteiger charge is -2.33. The van der Waals surface area contributed by atoms with Gasteiger partial charge < -0.3 is 14.5 Å². The fourth-order valence-corrected chi connectivity index (χ4v) is 2.76. The van der Waals surface area contributed by atoms with Crippen LogP contribution in [0.3, 0.4) is 0 Å². The van der Waals surface area contributed by atoms with Gasteiger partial charge in [-0.05, 0) is 58.9 Å². The number of furan rings is 1. The van der Waals surface area contributed by atoms with Crippen molar-refractivity contribution in [1.82, 2.24) is 5.32 Å². The Balaban J connectivity index is 2.37. The Kier molecular flexibility index (Phi) is 5.07. The average Bonchev–Trinajstić information content (AvgIpc) is 2.81. The number of ether oxygens (including phenoxy) is 1. The molecule has 0 aliphatic carbocycles. The van der Waals surface area contributed by atoms with Crippen LogP contribution in [-0.4, -0.2) is 18.8 Å². The molecular weight excluding hydrogens is 262 g/mol. The predicted molar refractivity (Wildman–Crippen MR) is 87.7 cm³/mol. The lowest BCUT2D eigenvalue weighted by atomic mass is 9.95. The van der Waals surface area contributed by atoms with Gasteiger partial charge in [0.2, 0.25) is 0 Å². The molecule has 2 aromatic rings. The molecule has 0 saturated heterocycles. The van der Waals surface area contributed by atoms with E-state index in [9.17, 15) is 0 Å². The van der Waals surface area contributed by atoms with Crippen LogP contribution in [0.1, 0.15) is 51.5 Å². The summed E-state index contributed by atoms with van der Waals surface area (Å²) >= 11 is 0. The maximum absolute atomic E-state index is 6.07. The SMILES string of the molecule is CCCNC(c1cc2cc(C)ccc2o1)C(C)(C)OCC. The lowest BCUT2D eigenvalue weighted by molar-refractivity contribution is -0.0436. The van der Waals surface area contributed by atoms with Gasteiger partial charge in [-0.3, -0.25) is 0 Å². The molecule has 116 valence electrons. The minimum Gasteiger partial charge on any atom is -0.459 e. The maximum Gasteiger partial charge on any atom is 0.134 e. The van der Waals surface area contributed by atoms with E-state index in [1.165, 1.54) is 5.56 Å². The van der Waals surface area contributed by atoms with E-state index in [-0.39, 0.29) is 11.6 Å². The van der Waals surface area contributed by atoms with Crippen molar-refractivity contribution in [1.29, 1.82) is 0 Å². The molecule has 0 fully saturated rings. The molecule has 1 N–H and O–H groups in total. The number of fused-ring (bicyclic) bond motifs is 1. The topological polar surface area (TPSA) is 34.4 Å². The van der Waals surface area contributed by atoms with Gasteiger partial charge in [-0.1, -0.05) is 18.6 Å². The molecular formula is C18H27NO2. The van der Waals surface area contributed by atoms with Gasteiger partial charge in [-0.25, -0.2) is 0 Å². The van der Waals surface area contributed by atoms with Crippen molar-refractivity contribution in [3.8, 4) is 0 Å². The highest BCUT2D eigenvalue weighted by atomic mass is 16.5. The third-order valence-electron chi connectivity index (χ3n) is 3.79. The molecule has 0 bridgehead atoms. The smallest absolute Gasteiger partial charge is 0.134 e. The number of benzene rings is 1. The summed E-state index contributed by atoms with van der Waals surface area (Å²) in [4.78, 5) is 0. The van der Waals surface area contributed by atoms with Crippen LogP contribution in [-0.2, 0) is 4.74 Å². The molecule has 1 heterocycles. The fourth-order valence-electron chi connectivity index (χ4n) is 2.76. The Bertz CT molecular complexity index is 586. The molecule has 0 aliphatic rings. The van der Waals surface area contributed by atoms with Crippen molar-refractivity contribution < 1.29 is 9.15 Å². The molecule has 0 radical (unpaired) electrons. The summed E-state index contributed by atoms with van der Waals surface area (Å²) in [5.41, 5.74) is 1.87. The molecule has 0 saturated carbocycles. The van der Waals surface area contributed by atoms with Crippen molar-refractivity contribution in [3.05, 3.63) is 35.6 Å². The molecule has 1 unspecified atom stereocenters. The van der Waals surface area contributed by atoms with E-state index in [1.54, 1.807) is 0 Å². The first-order valence-corrected chi connectivity index (χ1v) is 7.85. The molecule has 0 amide bonds. The first-order chi connectivity index (χ1) is 9.97. The van der Waals surface area contributed by atoms with E-state index < -0.39 is 0 Å². The van der Waals surface area contributed by atoms with Gasteiger partial charge in [-0.15, -0.1) is 0 Å². The second-order valence-corrected chi connectivity index (χ2v) is 6.11. The Morgan fingerprint density at radius 2 is 2.00 bits per heavy atom. The predicted octanol–water partition coefficient (Wildman–Crippen LogP) is 4.60. The number of nitrogens with one attached hydrogen (secondary N) is 1. The molecule has 0 aliphatic heterocycles. The number of hydrogen-bond donors (Lipinski definition) is 1. The minimum atomic E-state index is -0.313. The standard InChI is InChI=1S/C18H27NO2/c1-6-10-19-17(18(4,5)20-7-2)16-12-14-11-13(3)8-9-15(14)21-16/h8-9,11-12,17,19H,6-7,10H2,1-5H3. The summed E-state index contributed by atoms with van der Waals surface area (Å²) in [5.74, 6) is 0.947. The van der Waals surface area contributed by atoms with Crippen LogP contribution in [0.15, 0.2) is 28.7 Å². The van der Waals surface area contributed by atoms with Crippen LogP contribution in [0.2, 0.25) is 0 Å². The zero-order valence-electron chi connectivity index (χ0n) is 13.8. The molecule has 3 heteroatoms. The molecule has 1 aromatic carbocycles. The Morgan fingerprint density at radius 1 is 1.24 bits per heavy atom. The van der Waals surface area contributed by atoms with Gasteiger partial charge in [0, 0.05) is 12.0 Å². The van der Waals surface area contributed by atoms with Crippen LogP contribution in [0, 0.1) is 6.92 Å². The Hall–Kier alpha value is -1.32. The van der Waals surface area contributed by atoms with Crippen molar-refractivity contribution in [2.45, 2.75) is 52.7 Å². The van der Waals surface area contributed by atoms with Gasteiger partial charge in [0.25, 0.3) is 0 Å². The highest BCUT2D eigenvalue weighted by Gasteiger charge is 2.33. The summed E-state index contributed by atoms with van der Waals surface area (Å²) in [7, 11) is 0. The van der Waals surface area contributed by atoms with E-state index in [2.05, 4.69) is 51.2 Å². The normalized spacial score (nSPS) is 13.8. The first kappa shape index (κ1) is 16.1. The van der Waals surface area contributed by atoms with E-state index >= 15 is 0 Å². The van der Waals surface area contributed by atoms with Gasteiger partial charge >= 0.3 is 0 Å². The first-order valence-electron chi connectivity index (χ1n) is 7.85. The zero-order chi connectivity index (χ0) is 15.5. The third kappa shape index (κ3) is 3.66. The largest absolute Gasteiger partial charge is 0.459 e. The van der Waals surface area contributed by atoms with Crippen LogP contribution in [0.5, 0.6) is 0 Å². The van der Waals surface area contributed by atoms with E-state index in [1.807, 2.05) is 13.0 Å². The zero-order valence-corrected chi connectivity index (χ0v) is 13.8. The third-order valence-corrected chi connectivity index (χ3v) is 3.79. The van der Waals surface area contributed by atoms with Gasteiger partial charge in [0.15, 0.2) is 0 Å². The van der Waals surface area contributed by atoms with E-state index in [0.29, 0.717) is 6.61 Å². The Labute approximate surface area is 127 Å². The summed E-state index contributed by atoms with van der Waals surface area (Å²) in [6, 6.07) is 8.46. The average molecular weight is 289 g/mol. The number of aryl methyl sites for hydroxylation is 1. The van der Waals surface area contributed by atoms with Crippen LogP contribution < -0.4 is 5.32 Å². The summed E-state index contributed by atoms with van der Waals surface area (Å²) in [5, 5.41) is 4.72. The van der Waals surface area contributed by atoms with Crippen LogP contribution >= 0.6 is 0 Å². The molecule has 3 nitrogen and oxygen atoms in total. The number of hydrogen-bond acceptors (Lipinski definition) is 3. The second kappa shape index (κ2) is 6.63. The minimum absolute atomic E-state index is 0.0464. The highest BCUT2D eigenvalue weighted by molar-refractivity contribution is 5.78. The Morgan fingerprint density at radius 3 is 2.67 bits per heavy atom. The monoisotopic (exact) mass is 289 g/mol. The summed E-state index contributed by atoms with van der Waals surface area (Å²) in [6.45, 7) is 12.2. The fraction of sp³-hybridized carbons (Fsp3) is 0.556. The van der Waals surface area contributed by atoms with Crippen molar-refractivity contribution >= 4 is 11.0 Å². The van der Waals surface area contributed by atoms with Crippen molar-refractivity contribution in [2.75, 3.05) is 13.2 Å². The summed E-state index contributed by atoms with van der Waals surface area (Å²) in [6.07, 6.45) is 1.08.